The van der Waals surface area contributed by atoms with Crippen molar-refractivity contribution in [3.63, 3.8) is 0 Å². The third-order valence-electron chi connectivity index (χ3n) is 4.72. The number of dihydropyridines is 1. The molecule has 0 radical (unpaired) electrons. The summed E-state index contributed by atoms with van der Waals surface area (Å²) >= 11 is 0. The highest BCUT2D eigenvalue weighted by atomic mass is 16.6. The van der Waals surface area contributed by atoms with Crippen LogP contribution in [0.4, 0.5) is 0 Å². The summed E-state index contributed by atoms with van der Waals surface area (Å²) in [5, 5.41) is 3.13. The Bertz CT molecular complexity index is 895. The number of hydrogen-bond donors (Lipinski definition) is 3. The van der Waals surface area contributed by atoms with Gasteiger partial charge in [-0.15, -0.1) is 0 Å². The number of benzene rings is 1. The van der Waals surface area contributed by atoms with Gasteiger partial charge in [-0.1, -0.05) is 6.07 Å². The molecule has 7 nitrogen and oxygen atoms in total. The van der Waals surface area contributed by atoms with Gasteiger partial charge in [0.15, 0.2) is 17.6 Å². The van der Waals surface area contributed by atoms with E-state index in [0.717, 1.165) is 11.1 Å². The fourth-order valence-electron chi connectivity index (χ4n) is 3.15. The average molecular weight is 366 g/mol. The molecule has 27 heavy (non-hydrogen) atoms. The lowest BCUT2D eigenvalue weighted by atomic mass is 9.95. The lowest BCUT2D eigenvalue weighted by molar-refractivity contribution is 0.0908. The minimum atomic E-state index is -0.810. The van der Waals surface area contributed by atoms with Crippen LogP contribution in [0.2, 0.25) is 0 Å². The number of allylic oxidation sites excluding steroid dienone is 2. The first-order chi connectivity index (χ1) is 13.1. The van der Waals surface area contributed by atoms with Gasteiger partial charge in [0.25, 0.3) is 0 Å². The molecule has 5 N–H and O–H groups in total. The maximum absolute atomic E-state index is 6.39. The molecule has 0 bridgehead atoms. The number of nitrogens with one attached hydrogen (secondary N) is 1. The van der Waals surface area contributed by atoms with Gasteiger partial charge in [-0.2, -0.15) is 0 Å². The van der Waals surface area contributed by atoms with Crippen LogP contribution in [-0.4, -0.2) is 24.4 Å². The molecule has 2 aromatic rings. The molecular weight excluding hydrogens is 344 g/mol. The second kappa shape index (κ2) is 6.85. The minimum absolute atomic E-state index is 0.216. The van der Waals surface area contributed by atoms with Crippen molar-refractivity contribution in [2.45, 2.75) is 18.2 Å². The minimum Gasteiger partial charge on any atom is -0.485 e. The zero-order valence-corrected chi connectivity index (χ0v) is 15.0. The summed E-state index contributed by atoms with van der Waals surface area (Å²) in [4.78, 5) is 4.22. The predicted octanol–water partition coefficient (Wildman–Crippen LogP) is 1.76. The van der Waals surface area contributed by atoms with Gasteiger partial charge in [0.1, 0.15) is 12.3 Å². The number of ether oxygens (including phenoxy) is 3. The third kappa shape index (κ3) is 3.41. The molecule has 3 heterocycles. The monoisotopic (exact) mass is 366 g/mol. The molecule has 2 unspecified atom stereocenters. The van der Waals surface area contributed by atoms with Crippen molar-refractivity contribution in [3.05, 3.63) is 71.7 Å². The van der Waals surface area contributed by atoms with Gasteiger partial charge in [0, 0.05) is 29.9 Å². The lowest BCUT2D eigenvalue weighted by Crippen LogP contribution is -2.57. The highest BCUT2D eigenvalue weighted by Crippen LogP contribution is 2.37. The van der Waals surface area contributed by atoms with Crippen LogP contribution >= 0.6 is 0 Å². The fraction of sp³-hybridized carbons (Fsp3) is 0.250. The van der Waals surface area contributed by atoms with Crippen LogP contribution in [-0.2, 0) is 6.42 Å². The number of methoxy groups -OCH3 is 1. The van der Waals surface area contributed by atoms with Crippen LogP contribution in [0.3, 0.4) is 0 Å². The van der Waals surface area contributed by atoms with Crippen LogP contribution in [0.5, 0.6) is 17.4 Å². The number of rotatable bonds is 4. The Balaban J connectivity index is 1.49. The Hall–Kier alpha value is -3.19. The van der Waals surface area contributed by atoms with Gasteiger partial charge in [-0.25, -0.2) is 4.98 Å². The van der Waals surface area contributed by atoms with E-state index in [9.17, 15) is 0 Å². The van der Waals surface area contributed by atoms with Gasteiger partial charge in [0.05, 0.1) is 7.11 Å². The highest BCUT2D eigenvalue weighted by Gasteiger charge is 2.30. The average Bonchev–Trinajstić information content (AvgIpc) is 2.70. The zero-order valence-electron chi connectivity index (χ0n) is 15.0. The van der Waals surface area contributed by atoms with Crippen molar-refractivity contribution in [1.82, 2.24) is 10.3 Å². The van der Waals surface area contributed by atoms with E-state index in [1.807, 2.05) is 42.5 Å². The molecule has 0 aliphatic carbocycles. The molecule has 0 saturated carbocycles. The Labute approximate surface area is 157 Å². The Morgan fingerprint density at radius 2 is 2.19 bits per heavy atom. The van der Waals surface area contributed by atoms with Gasteiger partial charge in [0.2, 0.25) is 5.88 Å². The number of hydrogen-bond acceptors (Lipinski definition) is 7. The number of pyridine rings is 1. The topological polar surface area (TPSA) is 105 Å². The summed E-state index contributed by atoms with van der Waals surface area (Å²) in [7, 11) is 1.59. The number of fused-ring (bicyclic) bond motifs is 1. The van der Waals surface area contributed by atoms with Gasteiger partial charge in [-0.3, -0.25) is 0 Å². The van der Waals surface area contributed by atoms with Crippen molar-refractivity contribution in [1.29, 1.82) is 0 Å². The largest absolute Gasteiger partial charge is 0.485 e. The quantitative estimate of drug-likeness (QED) is 0.757. The first kappa shape index (κ1) is 17.2. The Kier molecular flexibility index (Phi) is 4.37. The van der Waals surface area contributed by atoms with E-state index in [4.69, 9.17) is 25.7 Å². The number of aromatic nitrogens is 1. The normalized spacial score (nSPS) is 23.3. The molecule has 0 fully saturated rings. The molecule has 1 aromatic heterocycles. The molecule has 0 saturated heterocycles. The van der Waals surface area contributed by atoms with Crippen molar-refractivity contribution in [2.75, 3.05) is 13.7 Å². The summed E-state index contributed by atoms with van der Waals surface area (Å²) in [5.41, 5.74) is 14.2. The molecule has 7 heteroatoms. The van der Waals surface area contributed by atoms with Crippen molar-refractivity contribution >= 4 is 0 Å². The van der Waals surface area contributed by atoms with E-state index in [0.29, 0.717) is 36.1 Å². The first-order valence-electron chi connectivity index (χ1n) is 8.69. The van der Waals surface area contributed by atoms with Gasteiger partial charge < -0.3 is 31.0 Å². The molecule has 4 rings (SSSR count). The third-order valence-corrected chi connectivity index (χ3v) is 4.72. The second-order valence-electron chi connectivity index (χ2n) is 6.61. The predicted molar refractivity (Wildman–Crippen MR) is 101 cm³/mol. The maximum atomic E-state index is 6.39. The summed E-state index contributed by atoms with van der Waals surface area (Å²) in [6.45, 7) is 0.404. The standard InChI is InChI=1S/C20H22N4O3/c1-25-19-7-5-14(11-23-19)17-12-26-16-9-13(4-6-15(16)27-17)10-20(22)18(21)3-2-8-24-20/h2-9,11,17,24H,10,12,21-22H2,1H3. The fourth-order valence-corrected chi connectivity index (χ4v) is 3.15. The summed E-state index contributed by atoms with van der Waals surface area (Å²) in [6, 6.07) is 9.55. The Morgan fingerprint density at radius 3 is 2.93 bits per heavy atom. The molecule has 2 aliphatic heterocycles. The van der Waals surface area contributed by atoms with Crippen molar-refractivity contribution in [3.8, 4) is 17.4 Å². The molecule has 140 valence electrons. The first-order valence-corrected chi connectivity index (χ1v) is 8.69. The second-order valence-corrected chi connectivity index (χ2v) is 6.61. The molecule has 2 aliphatic rings. The number of nitrogens with two attached hydrogens (primary N) is 2. The summed E-state index contributed by atoms with van der Waals surface area (Å²) < 4.78 is 17.1. The summed E-state index contributed by atoms with van der Waals surface area (Å²) in [5.74, 6) is 1.95. The van der Waals surface area contributed by atoms with Crippen LogP contribution in [0.25, 0.3) is 0 Å². The smallest absolute Gasteiger partial charge is 0.212 e. The molecule has 0 amide bonds. The van der Waals surface area contributed by atoms with Gasteiger partial charge in [-0.05, 0) is 42.1 Å². The molecule has 2 atom stereocenters. The van der Waals surface area contributed by atoms with E-state index in [2.05, 4.69) is 10.3 Å². The lowest BCUT2D eigenvalue weighted by Gasteiger charge is -2.33. The molecular formula is C20H22N4O3. The molecule has 1 aromatic carbocycles. The van der Waals surface area contributed by atoms with E-state index < -0.39 is 5.66 Å². The van der Waals surface area contributed by atoms with E-state index in [1.54, 1.807) is 19.5 Å². The van der Waals surface area contributed by atoms with E-state index >= 15 is 0 Å². The molecule has 0 spiro atoms. The van der Waals surface area contributed by atoms with E-state index in [1.165, 1.54) is 0 Å². The number of nitrogens with zero attached hydrogens (tertiary/aromatic N) is 1. The van der Waals surface area contributed by atoms with E-state index in [-0.39, 0.29) is 6.10 Å². The maximum Gasteiger partial charge on any atom is 0.212 e. The zero-order chi connectivity index (χ0) is 18.9. The van der Waals surface area contributed by atoms with Crippen LogP contribution in [0, 0.1) is 0 Å². The summed E-state index contributed by atoms with van der Waals surface area (Å²) in [6.07, 6.45) is 7.48. The van der Waals surface area contributed by atoms with Crippen molar-refractivity contribution < 1.29 is 14.2 Å². The van der Waals surface area contributed by atoms with Gasteiger partial charge >= 0.3 is 0 Å². The van der Waals surface area contributed by atoms with Crippen LogP contribution in [0.1, 0.15) is 17.2 Å². The Morgan fingerprint density at radius 1 is 1.30 bits per heavy atom. The highest BCUT2D eigenvalue weighted by molar-refractivity contribution is 5.46. The SMILES string of the molecule is COc1ccc(C2COc3cc(CC4(N)NC=CC=C4N)ccc3O2)cn1. The van der Waals surface area contributed by atoms with Crippen LogP contribution in [0.15, 0.2) is 60.6 Å². The van der Waals surface area contributed by atoms with Crippen LogP contribution < -0.4 is 31.0 Å². The van der Waals surface area contributed by atoms with Crippen molar-refractivity contribution in [2.24, 2.45) is 11.5 Å².